The summed E-state index contributed by atoms with van der Waals surface area (Å²) in [5, 5.41) is 38.4. The average Bonchev–Trinajstić information content (AvgIpc) is 3.46. The second-order valence-electron chi connectivity index (χ2n) is 16.8. The fraction of sp³-hybridized carbons (Fsp3) is 0.488. The number of fused-ring (bicyclic) bond motifs is 5. The number of carboxylic acids is 1. The summed E-state index contributed by atoms with van der Waals surface area (Å²) in [6, 6.07) is 22.2. The minimum Gasteiger partial charge on any atom is -0.480 e. The minimum absolute atomic E-state index is 0.00309. The van der Waals surface area contributed by atoms with Crippen LogP contribution in [0.5, 0.6) is 0 Å². The van der Waals surface area contributed by atoms with E-state index in [9.17, 15) is 28.2 Å². The lowest BCUT2D eigenvalue weighted by Gasteiger charge is -2.62. The van der Waals surface area contributed by atoms with Gasteiger partial charge in [0.05, 0.1) is 11.0 Å². The van der Waals surface area contributed by atoms with Crippen LogP contribution >= 0.6 is 0 Å². The van der Waals surface area contributed by atoms with Crippen molar-refractivity contribution in [2.45, 2.75) is 94.5 Å². The number of carbonyl (C=O) groups excluding carboxylic acids is 1. The van der Waals surface area contributed by atoms with Crippen LogP contribution in [0.3, 0.4) is 0 Å². The van der Waals surface area contributed by atoms with Gasteiger partial charge in [-0.05, 0) is 135 Å². The van der Waals surface area contributed by atoms with E-state index in [2.05, 4.69) is 35.0 Å². The molecular formula is C41H50N6O6S. The standard InChI is InChI=1S/C41H50N6O6S/c1-39-22-23-41(37(50)51,24-25(39)12-17-29-31-18-19-34(48)40(31,2)21-20-32(29)39)44-33-11-7-6-10-30(33)35-36(49)47(27-8-4-3-5-9-27)38(46-45-35)43-26-13-15-28(16-14-26)54(42,52)53/h3-11,13-16,25,29,31-32,34,38,43-44,46,48H,12,17-24H2,1-2H3,(H,50,51)(H2,42,52,53)/t25-,29-,31-,32-,34-,38?,39-,40-,41-/m0/s1. The van der Waals surface area contributed by atoms with E-state index in [0.29, 0.717) is 53.2 Å². The summed E-state index contributed by atoms with van der Waals surface area (Å²) in [5.74, 6) is 0.555. The highest BCUT2D eigenvalue weighted by atomic mass is 32.2. The van der Waals surface area contributed by atoms with Crippen LogP contribution in [0.2, 0.25) is 0 Å². The molecule has 0 spiro atoms. The number of hydrogen-bond donors (Lipinski definition) is 6. The molecule has 8 rings (SSSR count). The van der Waals surface area contributed by atoms with Gasteiger partial charge in [-0.3, -0.25) is 15.1 Å². The van der Waals surface area contributed by atoms with Crippen molar-refractivity contribution < 1.29 is 28.2 Å². The molecule has 1 unspecified atom stereocenters. The lowest BCUT2D eigenvalue weighted by atomic mass is 9.44. The van der Waals surface area contributed by atoms with E-state index in [1.165, 1.54) is 17.0 Å². The van der Waals surface area contributed by atoms with E-state index in [4.69, 9.17) is 5.14 Å². The Hall–Kier alpha value is -4.46. The van der Waals surface area contributed by atoms with E-state index in [0.717, 1.165) is 44.9 Å². The van der Waals surface area contributed by atoms with Gasteiger partial charge in [-0.15, -0.1) is 0 Å². The molecule has 12 nitrogen and oxygen atoms in total. The highest BCUT2D eigenvalue weighted by Crippen LogP contribution is 2.67. The molecular weight excluding hydrogens is 705 g/mol. The van der Waals surface area contributed by atoms with Crippen molar-refractivity contribution in [1.29, 1.82) is 0 Å². The Balaban J connectivity index is 1.07. The highest BCUT2D eigenvalue weighted by molar-refractivity contribution is 7.89. The fourth-order valence-electron chi connectivity index (χ4n) is 11.1. The maximum Gasteiger partial charge on any atom is 0.329 e. The van der Waals surface area contributed by atoms with Crippen molar-refractivity contribution in [3.05, 3.63) is 84.4 Å². The van der Waals surface area contributed by atoms with Gasteiger partial charge in [-0.2, -0.15) is 5.10 Å². The second-order valence-corrected chi connectivity index (χ2v) is 18.3. The van der Waals surface area contributed by atoms with E-state index in [1.807, 2.05) is 36.4 Å². The van der Waals surface area contributed by atoms with Crippen molar-refractivity contribution in [3.63, 3.8) is 0 Å². The number of carbonyl (C=O) groups is 2. The average molecular weight is 755 g/mol. The molecule has 0 bridgehead atoms. The van der Waals surface area contributed by atoms with Gasteiger partial charge >= 0.3 is 5.97 Å². The molecule has 1 heterocycles. The zero-order chi connectivity index (χ0) is 38.0. The van der Waals surface area contributed by atoms with Gasteiger partial charge in [0.1, 0.15) is 5.54 Å². The summed E-state index contributed by atoms with van der Waals surface area (Å²) in [5.41, 5.74) is 4.12. The fourth-order valence-corrected chi connectivity index (χ4v) is 11.7. The summed E-state index contributed by atoms with van der Waals surface area (Å²) in [7, 11) is -3.88. The Morgan fingerprint density at radius 3 is 2.31 bits per heavy atom. The van der Waals surface area contributed by atoms with Crippen LogP contribution in [0, 0.1) is 34.5 Å². The number of rotatable bonds is 8. The van der Waals surface area contributed by atoms with Crippen molar-refractivity contribution in [3.8, 4) is 0 Å². The summed E-state index contributed by atoms with van der Waals surface area (Å²) in [6.07, 6.45) is 6.81. The monoisotopic (exact) mass is 754 g/mol. The predicted octanol–water partition coefficient (Wildman–Crippen LogP) is 5.71. The van der Waals surface area contributed by atoms with Crippen molar-refractivity contribution in [2.24, 2.45) is 44.7 Å². The lowest BCUT2D eigenvalue weighted by Crippen LogP contribution is -2.60. The first kappa shape index (κ1) is 36.5. The summed E-state index contributed by atoms with van der Waals surface area (Å²) in [4.78, 5) is 29.4. The predicted molar refractivity (Wildman–Crippen MR) is 207 cm³/mol. The molecule has 9 atom stereocenters. The third-order valence-corrected chi connectivity index (χ3v) is 15.1. The number of anilines is 3. The van der Waals surface area contributed by atoms with Gasteiger partial charge in [-0.25, -0.2) is 18.4 Å². The molecule has 4 saturated carbocycles. The number of benzene rings is 3. The first-order valence-electron chi connectivity index (χ1n) is 19.1. The highest BCUT2D eigenvalue weighted by Gasteiger charge is 2.62. The van der Waals surface area contributed by atoms with Gasteiger partial charge in [0, 0.05) is 22.6 Å². The quantitative estimate of drug-likeness (QED) is 0.168. The molecule has 1 aliphatic heterocycles. The van der Waals surface area contributed by atoms with Crippen LogP contribution in [-0.2, 0) is 19.6 Å². The molecule has 7 N–H and O–H groups in total. The van der Waals surface area contributed by atoms with Crippen LogP contribution in [0.1, 0.15) is 77.2 Å². The largest absolute Gasteiger partial charge is 0.480 e. The number of carboxylic acid groups (broad SMARTS) is 1. The number of aliphatic hydroxyl groups is 1. The maximum atomic E-state index is 14.5. The lowest BCUT2D eigenvalue weighted by molar-refractivity contribution is -0.154. The van der Waals surface area contributed by atoms with Gasteiger partial charge < -0.3 is 20.8 Å². The molecule has 54 heavy (non-hydrogen) atoms. The molecule has 3 aromatic rings. The molecule has 0 radical (unpaired) electrons. The Morgan fingerprint density at radius 1 is 0.889 bits per heavy atom. The van der Waals surface area contributed by atoms with E-state index in [-0.39, 0.29) is 33.5 Å². The van der Waals surface area contributed by atoms with Gasteiger partial charge in [0.15, 0.2) is 12.0 Å². The zero-order valence-electron chi connectivity index (χ0n) is 30.7. The van der Waals surface area contributed by atoms with Crippen LogP contribution in [0.15, 0.2) is 88.9 Å². The second kappa shape index (κ2) is 13.4. The smallest absolute Gasteiger partial charge is 0.329 e. The van der Waals surface area contributed by atoms with E-state index < -0.39 is 33.7 Å². The Labute approximate surface area is 316 Å². The third kappa shape index (κ3) is 6.04. The molecule has 5 aliphatic rings. The van der Waals surface area contributed by atoms with Crippen LogP contribution in [0.4, 0.5) is 17.1 Å². The maximum absolute atomic E-state index is 14.5. The number of hydrogen-bond acceptors (Lipinski definition) is 9. The van der Waals surface area contributed by atoms with E-state index in [1.54, 1.807) is 30.3 Å². The SMILES string of the molecule is C[C@]12CC[C@@](Nc3ccccc3C3=NNC(Nc4ccc(S(N)(=O)=O)cc4)N(c4ccccc4)C3=O)(C(=O)O)C[C@@H]1CC[C@@H]1[C@@H]2CC[C@]2(C)[C@@H](O)CC[C@@H]12. The molecule has 286 valence electrons. The normalized spacial score (nSPS) is 34.8. The number of primary sulfonamides is 1. The molecule has 1 amide bonds. The summed E-state index contributed by atoms with van der Waals surface area (Å²) >= 11 is 0. The van der Waals surface area contributed by atoms with Crippen molar-refractivity contribution >= 4 is 44.7 Å². The number of amides is 1. The van der Waals surface area contributed by atoms with Crippen molar-refractivity contribution in [2.75, 3.05) is 15.5 Å². The molecule has 13 heteroatoms. The number of sulfonamides is 1. The van der Waals surface area contributed by atoms with Crippen LogP contribution in [-0.4, -0.2) is 54.2 Å². The van der Waals surface area contributed by atoms with Gasteiger partial charge in [-0.1, -0.05) is 50.2 Å². The Bertz CT molecular complexity index is 2080. The van der Waals surface area contributed by atoms with Crippen molar-refractivity contribution in [1.82, 2.24) is 5.43 Å². The topological polar surface area (TPSA) is 186 Å². The number of hydrazone groups is 1. The number of nitrogens with one attached hydrogen (secondary N) is 3. The summed E-state index contributed by atoms with van der Waals surface area (Å²) in [6.45, 7) is 4.70. The first-order chi connectivity index (χ1) is 25.7. The molecule has 4 fully saturated rings. The first-order valence-corrected chi connectivity index (χ1v) is 20.7. The number of aliphatic hydroxyl groups excluding tert-OH is 1. The third-order valence-electron chi connectivity index (χ3n) is 14.2. The van der Waals surface area contributed by atoms with Crippen LogP contribution in [0.25, 0.3) is 0 Å². The Morgan fingerprint density at radius 2 is 1.59 bits per heavy atom. The minimum atomic E-state index is -3.88. The molecule has 3 aromatic carbocycles. The van der Waals surface area contributed by atoms with Crippen LogP contribution < -0.4 is 26.1 Å². The summed E-state index contributed by atoms with van der Waals surface area (Å²) < 4.78 is 23.6. The number of nitrogens with zero attached hydrogens (tertiary/aromatic N) is 2. The molecule has 0 saturated heterocycles. The number of aliphatic carboxylic acids is 1. The number of para-hydroxylation sites is 2. The Kier molecular flexibility index (Phi) is 9.05. The van der Waals surface area contributed by atoms with E-state index >= 15 is 0 Å². The molecule has 4 aliphatic carbocycles. The zero-order valence-corrected chi connectivity index (χ0v) is 31.6. The van der Waals surface area contributed by atoms with Gasteiger partial charge in [0.2, 0.25) is 10.0 Å². The van der Waals surface area contributed by atoms with Gasteiger partial charge in [0.25, 0.3) is 5.91 Å². The number of nitrogens with two attached hydrogens (primary N) is 1. The molecule has 0 aromatic heterocycles.